The summed E-state index contributed by atoms with van der Waals surface area (Å²) in [6, 6.07) is 22.0. The molecule has 3 aromatic rings. The summed E-state index contributed by atoms with van der Waals surface area (Å²) in [5.74, 6) is 0.416. The van der Waals surface area contributed by atoms with Crippen molar-refractivity contribution in [1.82, 2.24) is 5.32 Å². The fourth-order valence-corrected chi connectivity index (χ4v) is 5.62. The highest BCUT2D eigenvalue weighted by atomic mass is 16.6. The smallest absolute Gasteiger partial charge is 0.336 e. The third kappa shape index (κ3) is 6.12. The van der Waals surface area contributed by atoms with Crippen LogP contribution in [0, 0.1) is 0 Å². The molecule has 0 aromatic heterocycles. The second-order valence-corrected chi connectivity index (χ2v) is 10.2. The number of aromatic hydroxyl groups is 1. The standard InChI is InChI=1S/C34H35NO7/c1-4-40-30-20-23(12-15-28(30)36)32-31(34(38)42-17-16-41-26-8-6-5-7-9-26)21(2)35-27-18-24(19-29(37)33(27)32)22-10-13-25(39-3)14-11-22/h5-15,20,24,32,35-36H,4,16-19H2,1-3H3/t24-,32+/m0/s1. The molecule has 1 heterocycles. The lowest BCUT2D eigenvalue weighted by atomic mass is 9.71. The Morgan fingerprint density at radius 3 is 2.38 bits per heavy atom. The average Bonchev–Trinajstić information content (AvgIpc) is 3.00. The number of hydrogen-bond acceptors (Lipinski definition) is 8. The van der Waals surface area contributed by atoms with Gasteiger partial charge in [0.15, 0.2) is 17.3 Å². The Balaban J connectivity index is 1.45. The van der Waals surface area contributed by atoms with Gasteiger partial charge in [-0.1, -0.05) is 36.4 Å². The van der Waals surface area contributed by atoms with Crippen LogP contribution >= 0.6 is 0 Å². The Hall–Kier alpha value is -4.72. The number of carbonyl (C=O) groups is 2. The molecule has 0 bridgehead atoms. The minimum absolute atomic E-state index is 0.0128. The molecule has 0 radical (unpaired) electrons. The van der Waals surface area contributed by atoms with Gasteiger partial charge in [-0.25, -0.2) is 4.79 Å². The van der Waals surface area contributed by atoms with Gasteiger partial charge >= 0.3 is 5.97 Å². The number of rotatable bonds is 10. The van der Waals surface area contributed by atoms with E-state index in [0.29, 0.717) is 47.6 Å². The SMILES string of the molecule is CCOc1cc([C@@H]2C(C(=O)OCCOc3ccccc3)=C(C)NC3=C2C(=O)C[C@@H](c2ccc(OC)cc2)C3)ccc1O. The third-order valence-electron chi connectivity index (χ3n) is 7.58. The number of phenolic OH excluding ortho intramolecular Hbond substituents is 1. The Labute approximate surface area is 245 Å². The zero-order valence-electron chi connectivity index (χ0n) is 24.0. The topological polar surface area (TPSA) is 103 Å². The molecule has 1 aliphatic heterocycles. The molecule has 8 heteroatoms. The molecule has 1 aliphatic carbocycles. The van der Waals surface area contributed by atoms with Crippen LogP contribution in [-0.2, 0) is 14.3 Å². The van der Waals surface area contributed by atoms with Crippen LogP contribution in [0.3, 0.4) is 0 Å². The predicted octanol–water partition coefficient (Wildman–Crippen LogP) is 5.78. The van der Waals surface area contributed by atoms with Gasteiger partial charge in [0.1, 0.15) is 24.7 Å². The summed E-state index contributed by atoms with van der Waals surface area (Å²) in [7, 11) is 1.62. The molecule has 2 aliphatic rings. The van der Waals surface area contributed by atoms with Gasteiger partial charge in [-0.2, -0.15) is 0 Å². The van der Waals surface area contributed by atoms with E-state index in [-0.39, 0.29) is 36.4 Å². The van der Waals surface area contributed by atoms with Crippen LogP contribution < -0.4 is 19.5 Å². The van der Waals surface area contributed by atoms with Crippen molar-refractivity contribution in [2.45, 2.75) is 38.5 Å². The number of Topliss-reactive ketones (excluding diaryl/α,β-unsaturated/α-hetero) is 1. The van der Waals surface area contributed by atoms with Gasteiger partial charge in [0.25, 0.3) is 0 Å². The van der Waals surface area contributed by atoms with Crippen molar-refractivity contribution in [2.75, 3.05) is 26.9 Å². The Morgan fingerprint density at radius 1 is 0.929 bits per heavy atom. The van der Waals surface area contributed by atoms with Crippen LogP contribution in [0.25, 0.3) is 0 Å². The van der Waals surface area contributed by atoms with Gasteiger partial charge in [-0.05, 0) is 73.7 Å². The number of hydrogen-bond donors (Lipinski definition) is 2. The van der Waals surface area contributed by atoms with Crippen LogP contribution in [0.15, 0.2) is 95.3 Å². The number of ether oxygens (including phenoxy) is 4. The first-order valence-corrected chi connectivity index (χ1v) is 14.1. The molecule has 0 spiro atoms. The zero-order chi connectivity index (χ0) is 29.6. The van der Waals surface area contributed by atoms with Crippen molar-refractivity contribution >= 4 is 11.8 Å². The van der Waals surface area contributed by atoms with Crippen LogP contribution in [0.5, 0.6) is 23.0 Å². The summed E-state index contributed by atoms with van der Waals surface area (Å²) >= 11 is 0. The van der Waals surface area contributed by atoms with Gasteiger partial charge in [0, 0.05) is 29.3 Å². The number of ketones is 1. The van der Waals surface area contributed by atoms with Gasteiger partial charge in [0.2, 0.25) is 0 Å². The lowest BCUT2D eigenvalue weighted by Crippen LogP contribution is -2.36. The number of phenols is 1. The molecule has 3 aromatic carbocycles. The number of benzene rings is 3. The van der Waals surface area contributed by atoms with Crippen LogP contribution in [0.4, 0.5) is 0 Å². The monoisotopic (exact) mass is 569 g/mol. The second-order valence-electron chi connectivity index (χ2n) is 10.2. The molecule has 5 rings (SSSR count). The Kier molecular flexibility index (Phi) is 8.81. The number of esters is 1. The minimum atomic E-state index is -0.687. The van der Waals surface area contributed by atoms with Gasteiger partial charge < -0.3 is 29.4 Å². The maximum absolute atomic E-state index is 13.9. The quantitative estimate of drug-likeness (QED) is 0.234. The number of nitrogens with one attached hydrogen (secondary N) is 1. The van der Waals surface area contributed by atoms with Crippen molar-refractivity contribution < 1.29 is 33.6 Å². The van der Waals surface area contributed by atoms with E-state index in [1.807, 2.05) is 68.4 Å². The minimum Gasteiger partial charge on any atom is -0.504 e. The average molecular weight is 570 g/mol. The van der Waals surface area contributed by atoms with Crippen molar-refractivity contribution in [2.24, 2.45) is 0 Å². The maximum Gasteiger partial charge on any atom is 0.336 e. The fraction of sp³-hybridized carbons (Fsp3) is 0.294. The summed E-state index contributed by atoms with van der Waals surface area (Å²) in [6.45, 7) is 4.22. The van der Waals surface area contributed by atoms with Crippen LogP contribution in [-0.4, -0.2) is 43.8 Å². The molecule has 0 saturated heterocycles. The van der Waals surface area contributed by atoms with Crippen LogP contribution in [0.1, 0.15) is 49.7 Å². The van der Waals surface area contributed by atoms with Gasteiger partial charge in [-0.3, -0.25) is 4.79 Å². The first-order valence-electron chi connectivity index (χ1n) is 14.1. The van der Waals surface area contributed by atoms with Crippen LogP contribution in [0.2, 0.25) is 0 Å². The highest BCUT2D eigenvalue weighted by Gasteiger charge is 2.41. The number of carbonyl (C=O) groups excluding carboxylic acids is 2. The Bertz CT molecular complexity index is 1510. The predicted molar refractivity (Wildman–Crippen MR) is 158 cm³/mol. The fourth-order valence-electron chi connectivity index (χ4n) is 5.62. The molecule has 0 unspecified atom stereocenters. The van der Waals surface area contributed by atoms with E-state index in [4.69, 9.17) is 18.9 Å². The van der Waals surface area contributed by atoms with Crippen molar-refractivity contribution in [1.29, 1.82) is 0 Å². The molecular weight excluding hydrogens is 534 g/mol. The molecule has 42 heavy (non-hydrogen) atoms. The second kappa shape index (κ2) is 12.9. The first kappa shape index (κ1) is 28.8. The number of methoxy groups -OCH3 is 1. The molecular formula is C34H35NO7. The number of dihydropyridines is 1. The molecule has 0 amide bonds. The maximum atomic E-state index is 13.9. The van der Waals surface area contributed by atoms with Gasteiger partial charge in [0.05, 0.1) is 19.3 Å². The lowest BCUT2D eigenvalue weighted by Gasteiger charge is -2.36. The van der Waals surface area contributed by atoms with E-state index < -0.39 is 11.9 Å². The number of allylic oxidation sites excluding steroid dienone is 3. The molecule has 8 nitrogen and oxygen atoms in total. The first-order chi connectivity index (χ1) is 20.4. The zero-order valence-corrected chi connectivity index (χ0v) is 24.0. The molecule has 0 saturated carbocycles. The lowest BCUT2D eigenvalue weighted by molar-refractivity contribution is -0.140. The summed E-state index contributed by atoms with van der Waals surface area (Å²) < 4.78 is 22.3. The van der Waals surface area contributed by atoms with E-state index >= 15 is 0 Å². The molecule has 218 valence electrons. The van der Waals surface area contributed by atoms with Crippen molar-refractivity contribution in [3.05, 3.63) is 106 Å². The molecule has 2 N–H and O–H groups in total. The molecule has 0 fully saturated rings. The number of para-hydroxylation sites is 1. The summed E-state index contributed by atoms with van der Waals surface area (Å²) in [5.41, 5.74) is 3.98. The van der Waals surface area contributed by atoms with Crippen molar-refractivity contribution in [3.8, 4) is 23.0 Å². The molecule has 2 atom stereocenters. The highest BCUT2D eigenvalue weighted by molar-refractivity contribution is 6.04. The van der Waals surface area contributed by atoms with E-state index in [1.54, 1.807) is 19.2 Å². The third-order valence-corrected chi connectivity index (χ3v) is 7.58. The van der Waals surface area contributed by atoms with E-state index in [9.17, 15) is 14.7 Å². The summed E-state index contributed by atoms with van der Waals surface area (Å²) in [5, 5.41) is 13.7. The normalized spacial score (nSPS) is 18.2. The van der Waals surface area contributed by atoms with E-state index in [0.717, 1.165) is 17.0 Å². The van der Waals surface area contributed by atoms with E-state index in [1.165, 1.54) is 6.07 Å². The summed E-state index contributed by atoms with van der Waals surface area (Å²) in [4.78, 5) is 27.5. The van der Waals surface area contributed by atoms with Crippen molar-refractivity contribution in [3.63, 3.8) is 0 Å². The van der Waals surface area contributed by atoms with Gasteiger partial charge in [-0.15, -0.1) is 0 Å². The Morgan fingerprint density at radius 2 is 1.67 bits per heavy atom. The highest BCUT2D eigenvalue weighted by Crippen LogP contribution is 2.47. The largest absolute Gasteiger partial charge is 0.504 e. The summed E-state index contributed by atoms with van der Waals surface area (Å²) in [6.07, 6.45) is 0.900. The van der Waals surface area contributed by atoms with E-state index in [2.05, 4.69) is 5.32 Å².